The van der Waals surface area contributed by atoms with E-state index in [0.29, 0.717) is 11.5 Å². The minimum Gasteiger partial charge on any atom is -0.330 e. The van der Waals surface area contributed by atoms with Gasteiger partial charge in [0.15, 0.2) is 5.82 Å². The molecule has 1 aromatic carbocycles. The van der Waals surface area contributed by atoms with Crippen molar-refractivity contribution < 1.29 is 4.79 Å². The summed E-state index contributed by atoms with van der Waals surface area (Å²) in [7, 11) is 1.86. The Hall–Kier alpha value is -3.23. The molecule has 0 bridgehead atoms. The third-order valence-electron chi connectivity index (χ3n) is 3.92. The van der Waals surface area contributed by atoms with Gasteiger partial charge in [0, 0.05) is 18.9 Å². The standard InChI is InChI=1S/C16H20N8O/c1-4-14(15-9-10-17-23(15)3)19-16(25)18-12-5-7-13(8-6-12)24-11(2)20-21-22-24/h5-10,14H,4H2,1-3H3,(H2,18,19,25)/t14-/m1/s1. The first kappa shape index (κ1) is 16.6. The number of tetrazole rings is 1. The lowest BCUT2D eigenvalue weighted by molar-refractivity contribution is 0.247. The summed E-state index contributed by atoms with van der Waals surface area (Å²) in [6.45, 7) is 3.84. The summed E-state index contributed by atoms with van der Waals surface area (Å²) < 4.78 is 3.39. The average molecular weight is 340 g/mol. The summed E-state index contributed by atoms with van der Waals surface area (Å²) in [6.07, 6.45) is 2.49. The number of nitrogens with one attached hydrogen (secondary N) is 2. The number of rotatable bonds is 5. The molecule has 1 atom stereocenters. The van der Waals surface area contributed by atoms with Crippen molar-refractivity contribution in [3.05, 3.63) is 48.0 Å². The van der Waals surface area contributed by atoms with Crippen molar-refractivity contribution in [1.29, 1.82) is 0 Å². The van der Waals surface area contributed by atoms with Gasteiger partial charge in [-0.3, -0.25) is 4.68 Å². The SMILES string of the molecule is CC[C@@H](NC(=O)Nc1ccc(-n2nnnc2C)cc1)c1ccnn1C. The van der Waals surface area contributed by atoms with Crippen LogP contribution in [0.25, 0.3) is 5.69 Å². The van der Waals surface area contributed by atoms with Gasteiger partial charge in [-0.15, -0.1) is 5.10 Å². The summed E-state index contributed by atoms with van der Waals surface area (Å²) in [6, 6.07) is 8.84. The zero-order valence-corrected chi connectivity index (χ0v) is 14.3. The second kappa shape index (κ2) is 7.12. The second-order valence-electron chi connectivity index (χ2n) is 5.62. The van der Waals surface area contributed by atoms with Gasteiger partial charge in [0.2, 0.25) is 0 Å². The molecule has 2 heterocycles. The molecular formula is C16H20N8O. The fourth-order valence-corrected chi connectivity index (χ4v) is 2.59. The maximum absolute atomic E-state index is 12.3. The molecule has 2 amide bonds. The molecule has 0 unspecified atom stereocenters. The van der Waals surface area contributed by atoms with Crippen LogP contribution >= 0.6 is 0 Å². The van der Waals surface area contributed by atoms with Gasteiger partial charge >= 0.3 is 6.03 Å². The molecule has 0 aliphatic heterocycles. The predicted molar refractivity (Wildman–Crippen MR) is 92.3 cm³/mol. The Labute approximate surface area is 145 Å². The first-order valence-electron chi connectivity index (χ1n) is 7.99. The van der Waals surface area contributed by atoms with Gasteiger partial charge in [-0.25, -0.2) is 4.79 Å². The van der Waals surface area contributed by atoms with E-state index in [-0.39, 0.29) is 12.1 Å². The van der Waals surface area contributed by atoms with E-state index in [1.165, 1.54) is 0 Å². The number of aryl methyl sites for hydroxylation is 2. The molecule has 0 saturated heterocycles. The minimum absolute atomic E-state index is 0.101. The number of nitrogens with zero attached hydrogens (tertiary/aromatic N) is 6. The average Bonchev–Trinajstić information content (AvgIpc) is 3.22. The van der Waals surface area contributed by atoms with Crippen LogP contribution in [0.2, 0.25) is 0 Å². The first-order chi connectivity index (χ1) is 12.1. The lowest BCUT2D eigenvalue weighted by atomic mass is 10.1. The molecule has 3 rings (SSSR count). The number of urea groups is 1. The molecule has 0 saturated carbocycles. The number of amides is 2. The highest BCUT2D eigenvalue weighted by Gasteiger charge is 2.15. The number of carbonyl (C=O) groups excluding carboxylic acids is 1. The Morgan fingerprint density at radius 1 is 1.24 bits per heavy atom. The summed E-state index contributed by atoms with van der Waals surface area (Å²) in [5, 5.41) is 21.3. The smallest absolute Gasteiger partial charge is 0.319 e. The van der Waals surface area contributed by atoms with Crippen molar-refractivity contribution in [2.24, 2.45) is 7.05 Å². The van der Waals surface area contributed by atoms with Crippen LogP contribution in [0.4, 0.5) is 10.5 Å². The summed E-state index contributed by atoms with van der Waals surface area (Å²) in [4.78, 5) is 12.3. The van der Waals surface area contributed by atoms with Crippen LogP contribution in [0.3, 0.4) is 0 Å². The Balaban J connectivity index is 1.65. The highest BCUT2D eigenvalue weighted by Crippen LogP contribution is 2.16. The van der Waals surface area contributed by atoms with E-state index >= 15 is 0 Å². The third kappa shape index (κ3) is 3.65. The fourth-order valence-electron chi connectivity index (χ4n) is 2.59. The van der Waals surface area contributed by atoms with Gasteiger partial charge in [-0.1, -0.05) is 6.92 Å². The number of hydrogen-bond donors (Lipinski definition) is 2. The van der Waals surface area contributed by atoms with E-state index in [4.69, 9.17) is 0 Å². The lowest BCUT2D eigenvalue weighted by Crippen LogP contribution is -2.33. The van der Waals surface area contributed by atoms with E-state index < -0.39 is 0 Å². The third-order valence-corrected chi connectivity index (χ3v) is 3.92. The van der Waals surface area contributed by atoms with Crippen LogP contribution in [0.1, 0.15) is 30.9 Å². The topological polar surface area (TPSA) is 103 Å². The normalized spacial score (nSPS) is 12.0. The summed E-state index contributed by atoms with van der Waals surface area (Å²) in [5.41, 5.74) is 2.48. The molecule has 25 heavy (non-hydrogen) atoms. The Kier molecular flexibility index (Phi) is 4.73. The van der Waals surface area contributed by atoms with Crippen molar-refractivity contribution in [3.63, 3.8) is 0 Å². The number of hydrogen-bond acceptors (Lipinski definition) is 5. The predicted octanol–water partition coefficient (Wildman–Crippen LogP) is 1.98. The largest absolute Gasteiger partial charge is 0.330 e. The summed E-state index contributed by atoms with van der Waals surface area (Å²) >= 11 is 0. The van der Waals surface area contributed by atoms with E-state index in [1.54, 1.807) is 27.7 Å². The zero-order chi connectivity index (χ0) is 17.8. The maximum atomic E-state index is 12.3. The van der Waals surface area contributed by atoms with Crippen molar-refractivity contribution in [3.8, 4) is 5.69 Å². The minimum atomic E-state index is -0.264. The monoisotopic (exact) mass is 340 g/mol. The molecule has 0 fully saturated rings. The van der Waals surface area contributed by atoms with Crippen molar-refractivity contribution >= 4 is 11.7 Å². The number of carbonyl (C=O) groups is 1. The van der Waals surface area contributed by atoms with E-state index in [0.717, 1.165) is 17.8 Å². The molecule has 2 N–H and O–H groups in total. The Bertz CT molecular complexity index is 851. The van der Waals surface area contributed by atoms with E-state index in [9.17, 15) is 4.79 Å². The fraction of sp³-hybridized carbons (Fsp3) is 0.312. The van der Waals surface area contributed by atoms with Gasteiger partial charge in [-0.2, -0.15) is 9.78 Å². The first-order valence-corrected chi connectivity index (χ1v) is 7.99. The molecule has 3 aromatic rings. The maximum Gasteiger partial charge on any atom is 0.319 e. The van der Waals surface area contributed by atoms with Crippen LogP contribution < -0.4 is 10.6 Å². The van der Waals surface area contributed by atoms with E-state index in [1.807, 2.05) is 39.1 Å². The highest BCUT2D eigenvalue weighted by atomic mass is 16.2. The van der Waals surface area contributed by atoms with Crippen LogP contribution in [0, 0.1) is 6.92 Å². The van der Waals surface area contributed by atoms with Crippen molar-refractivity contribution in [2.45, 2.75) is 26.3 Å². The molecule has 0 radical (unpaired) electrons. The van der Waals surface area contributed by atoms with Crippen molar-refractivity contribution in [2.75, 3.05) is 5.32 Å². The van der Waals surface area contributed by atoms with Crippen LogP contribution in [-0.4, -0.2) is 36.0 Å². The van der Waals surface area contributed by atoms with Crippen LogP contribution in [0.5, 0.6) is 0 Å². The zero-order valence-electron chi connectivity index (χ0n) is 14.3. The molecule has 9 heteroatoms. The van der Waals surface area contributed by atoms with Gasteiger partial charge < -0.3 is 10.6 Å². The highest BCUT2D eigenvalue weighted by molar-refractivity contribution is 5.89. The lowest BCUT2D eigenvalue weighted by Gasteiger charge is -2.18. The molecule has 0 aliphatic rings. The summed E-state index contributed by atoms with van der Waals surface area (Å²) in [5.74, 6) is 0.695. The van der Waals surface area contributed by atoms with Gasteiger partial charge in [0.25, 0.3) is 0 Å². The molecule has 130 valence electrons. The Morgan fingerprint density at radius 2 is 2.00 bits per heavy atom. The molecule has 0 aliphatic carbocycles. The Morgan fingerprint density at radius 3 is 2.56 bits per heavy atom. The second-order valence-corrected chi connectivity index (χ2v) is 5.62. The molecule has 2 aromatic heterocycles. The van der Waals surface area contributed by atoms with Crippen LogP contribution in [0.15, 0.2) is 36.5 Å². The molecular weight excluding hydrogens is 320 g/mol. The van der Waals surface area contributed by atoms with Crippen LogP contribution in [-0.2, 0) is 7.05 Å². The van der Waals surface area contributed by atoms with Gasteiger partial charge in [0.1, 0.15) is 0 Å². The van der Waals surface area contributed by atoms with E-state index in [2.05, 4.69) is 31.3 Å². The molecule has 9 nitrogen and oxygen atoms in total. The van der Waals surface area contributed by atoms with Gasteiger partial charge in [0.05, 0.1) is 17.4 Å². The van der Waals surface area contributed by atoms with Gasteiger partial charge in [-0.05, 0) is 54.1 Å². The molecule has 0 spiro atoms. The number of anilines is 1. The number of benzene rings is 1. The quantitative estimate of drug-likeness (QED) is 0.739. The van der Waals surface area contributed by atoms with Crippen molar-refractivity contribution in [1.82, 2.24) is 35.3 Å². The number of aromatic nitrogens is 6.